The number of nitro groups is 1. The minimum absolute atomic E-state index is 0.460. The van der Waals surface area contributed by atoms with Crippen molar-refractivity contribution in [1.29, 1.82) is 0 Å². The van der Waals surface area contributed by atoms with Crippen LogP contribution in [0.15, 0.2) is 54.6 Å². The lowest BCUT2D eigenvalue weighted by Crippen LogP contribution is -2.40. The summed E-state index contributed by atoms with van der Waals surface area (Å²) in [5.41, 5.74) is 1.14. The van der Waals surface area contributed by atoms with E-state index in [1.54, 1.807) is 48.5 Å². The van der Waals surface area contributed by atoms with E-state index >= 15 is 0 Å². The van der Waals surface area contributed by atoms with Gasteiger partial charge in [0.05, 0.1) is 0 Å². The number of para-hydroxylation sites is 1. The minimum Gasteiger partial charge on any atom is -0.478 e. The fraction of sp³-hybridized carbons (Fsp3) is 0.200. The molecular formula is C15H13NO4. The molecule has 0 bridgehead atoms. The topological polar surface area (TPSA) is 72.6 Å². The maximum atomic E-state index is 11.3. The van der Waals surface area contributed by atoms with Crippen LogP contribution in [0.5, 0.6) is 5.75 Å². The van der Waals surface area contributed by atoms with Crippen LogP contribution in [0, 0.1) is 10.1 Å². The Bertz CT molecular complexity index is 629. The van der Waals surface area contributed by atoms with Crippen molar-refractivity contribution in [2.45, 2.75) is 18.2 Å². The first-order valence-corrected chi connectivity index (χ1v) is 6.30. The third-order valence-electron chi connectivity index (χ3n) is 3.50. The molecule has 1 aliphatic heterocycles. The van der Waals surface area contributed by atoms with E-state index in [0.29, 0.717) is 16.9 Å². The Kier molecular flexibility index (Phi) is 3.12. The third kappa shape index (κ3) is 2.02. The lowest BCUT2D eigenvalue weighted by atomic mass is 9.90. The van der Waals surface area contributed by atoms with E-state index in [4.69, 9.17) is 4.74 Å². The molecule has 5 nitrogen and oxygen atoms in total. The molecule has 0 radical (unpaired) electrons. The lowest BCUT2D eigenvalue weighted by Gasteiger charge is -2.32. The number of hydrogen-bond acceptors (Lipinski definition) is 4. The van der Waals surface area contributed by atoms with Crippen LogP contribution in [0.3, 0.4) is 0 Å². The molecule has 0 amide bonds. The standard InChI is InChI=1S/C15H13NO4/c17-14-11-8-4-5-9-12(11)20-15(13(14)16(18)19)10-6-2-1-3-7-10/h1-9,13-15,17H. The van der Waals surface area contributed by atoms with Gasteiger partial charge in [-0.1, -0.05) is 48.5 Å². The van der Waals surface area contributed by atoms with E-state index in [1.165, 1.54) is 0 Å². The molecular weight excluding hydrogens is 258 g/mol. The molecule has 3 atom stereocenters. The zero-order chi connectivity index (χ0) is 14.1. The highest BCUT2D eigenvalue weighted by Crippen LogP contribution is 2.41. The van der Waals surface area contributed by atoms with Crippen molar-refractivity contribution in [2.24, 2.45) is 0 Å². The van der Waals surface area contributed by atoms with Crippen LogP contribution in [-0.2, 0) is 0 Å². The summed E-state index contributed by atoms with van der Waals surface area (Å²) in [6.45, 7) is 0. The lowest BCUT2D eigenvalue weighted by molar-refractivity contribution is -0.549. The molecule has 0 aromatic heterocycles. The molecule has 102 valence electrons. The third-order valence-corrected chi connectivity index (χ3v) is 3.50. The van der Waals surface area contributed by atoms with Crippen molar-refractivity contribution < 1.29 is 14.8 Å². The van der Waals surface area contributed by atoms with Gasteiger partial charge in [-0.05, 0) is 11.6 Å². The van der Waals surface area contributed by atoms with Gasteiger partial charge < -0.3 is 9.84 Å². The van der Waals surface area contributed by atoms with E-state index in [2.05, 4.69) is 0 Å². The number of nitrogens with zero attached hydrogens (tertiary/aromatic N) is 1. The number of aliphatic hydroxyl groups excluding tert-OH is 1. The summed E-state index contributed by atoms with van der Waals surface area (Å²) in [6.07, 6.45) is -1.98. The van der Waals surface area contributed by atoms with Crippen LogP contribution in [-0.4, -0.2) is 16.1 Å². The van der Waals surface area contributed by atoms with Gasteiger partial charge in [-0.25, -0.2) is 0 Å². The highest BCUT2D eigenvalue weighted by molar-refractivity contribution is 5.39. The van der Waals surface area contributed by atoms with Crippen LogP contribution in [0.4, 0.5) is 0 Å². The molecule has 0 spiro atoms. The van der Waals surface area contributed by atoms with Crippen LogP contribution in [0.25, 0.3) is 0 Å². The molecule has 3 rings (SSSR count). The van der Waals surface area contributed by atoms with Crippen molar-refractivity contribution in [1.82, 2.24) is 0 Å². The fourth-order valence-electron chi connectivity index (χ4n) is 2.52. The van der Waals surface area contributed by atoms with Crippen molar-refractivity contribution in [3.63, 3.8) is 0 Å². The highest BCUT2D eigenvalue weighted by Gasteiger charge is 2.46. The molecule has 1 heterocycles. The maximum absolute atomic E-state index is 11.3. The molecule has 3 unspecified atom stereocenters. The average Bonchev–Trinajstić information content (AvgIpc) is 2.47. The molecule has 2 aromatic carbocycles. The van der Waals surface area contributed by atoms with Gasteiger partial charge in [-0.15, -0.1) is 0 Å². The molecule has 5 heteroatoms. The second-order valence-electron chi connectivity index (χ2n) is 4.71. The van der Waals surface area contributed by atoms with Crippen molar-refractivity contribution in [3.8, 4) is 5.75 Å². The van der Waals surface area contributed by atoms with Crippen LogP contribution < -0.4 is 4.74 Å². The number of ether oxygens (including phenoxy) is 1. The molecule has 1 aliphatic rings. The van der Waals surface area contributed by atoms with Gasteiger partial charge in [0, 0.05) is 10.5 Å². The summed E-state index contributed by atoms with van der Waals surface area (Å²) >= 11 is 0. The van der Waals surface area contributed by atoms with Gasteiger partial charge in [-0.2, -0.15) is 0 Å². The number of aliphatic hydroxyl groups is 1. The Morgan fingerprint density at radius 3 is 2.40 bits per heavy atom. The van der Waals surface area contributed by atoms with E-state index in [0.717, 1.165) is 0 Å². The Hall–Kier alpha value is -2.40. The van der Waals surface area contributed by atoms with E-state index in [-0.39, 0.29) is 0 Å². The van der Waals surface area contributed by atoms with Gasteiger partial charge in [-0.3, -0.25) is 10.1 Å². The first-order chi connectivity index (χ1) is 9.68. The molecule has 0 fully saturated rings. The number of rotatable bonds is 2. The van der Waals surface area contributed by atoms with Gasteiger partial charge >= 0.3 is 0 Å². The summed E-state index contributed by atoms with van der Waals surface area (Å²) < 4.78 is 5.76. The molecule has 20 heavy (non-hydrogen) atoms. The summed E-state index contributed by atoms with van der Waals surface area (Å²) in [7, 11) is 0. The fourth-order valence-corrected chi connectivity index (χ4v) is 2.52. The normalized spacial score (nSPS) is 24.6. The van der Waals surface area contributed by atoms with Crippen molar-refractivity contribution in [2.75, 3.05) is 0 Å². The van der Waals surface area contributed by atoms with Crippen molar-refractivity contribution >= 4 is 0 Å². The summed E-state index contributed by atoms with van der Waals surface area (Å²) in [5.74, 6) is 0.493. The highest BCUT2D eigenvalue weighted by atomic mass is 16.6. The Balaban J connectivity index is 2.08. The monoisotopic (exact) mass is 271 g/mol. The largest absolute Gasteiger partial charge is 0.478 e. The Morgan fingerprint density at radius 1 is 1.05 bits per heavy atom. The van der Waals surface area contributed by atoms with Gasteiger partial charge in [0.25, 0.3) is 6.04 Å². The number of fused-ring (bicyclic) bond motifs is 1. The Morgan fingerprint density at radius 2 is 1.70 bits per heavy atom. The van der Waals surface area contributed by atoms with Gasteiger partial charge in [0.2, 0.25) is 0 Å². The van der Waals surface area contributed by atoms with E-state index in [9.17, 15) is 15.2 Å². The summed E-state index contributed by atoms with van der Waals surface area (Å²) in [5, 5.41) is 21.6. The van der Waals surface area contributed by atoms with Crippen LogP contribution >= 0.6 is 0 Å². The van der Waals surface area contributed by atoms with E-state index in [1.807, 2.05) is 6.07 Å². The first-order valence-electron chi connectivity index (χ1n) is 6.30. The van der Waals surface area contributed by atoms with Gasteiger partial charge in [0.15, 0.2) is 12.2 Å². The molecule has 1 N–H and O–H groups in total. The van der Waals surface area contributed by atoms with Gasteiger partial charge in [0.1, 0.15) is 5.75 Å². The zero-order valence-electron chi connectivity index (χ0n) is 10.5. The second kappa shape index (κ2) is 4.94. The zero-order valence-corrected chi connectivity index (χ0v) is 10.5. The first kappa shape index (κ1) is 12.6. The minimum atomic E-state index is -1.22. The maximum Gasteiger partial charge on any atom is 0.283 e. The molecule has 0 saturated carbocycles. The molecule has 2 aromatic rings. The quantitative estimate of drug-likeness (QED) is 0.672. The average molecular weight is 271 g/mol. The Labute approximate surface area is 115 Å². The molecule has 0 saturated heterocycles. The summed E-state index contributed by atoms with van der Waals surface area (Å²) in [6, 6.07) is 14.6. The van der Waals surface area contributed by atoms with Crippen LogP contribution in [0.1, 0.15) is 23.3 Å². The van der Waals surface area contributed by atoms with Crippen molar-refractivity contribution in [3.05, 3.63) is 75.8 Å². The molecule has 0 aliphatic carbocycles. The van der Waals surface area contributed by atoms with E-state index < -0.39 is 23.2 Å². The number of hydrogen-bond donors (Lipinski definition) is 1. The predicted octanol–water partition coefficient (Wildman–Crippen LogP) is 2.50. The summed E-state index contributed by atoms with van der Waals surface area (Å²) in [4.78, 5) is 10.8. The second-order valence-corrected chi connectivity index (χ2v) is 4.71. The van der Waals surface area contributed by atoms with Crippen LogP contribution in [0.2, 0.25) is 0 Å². The predicted molar refractivity (Wildman–Crippen MR) is 72.0 cm³/mol. The smallest absolute Gasteiger partial charge is 0.283 e. The SMILES string of the molecule is O=[N+]([O-])C1C(O)c2ccccc2OC1c1ccccc1. The number of benzene rings is 2.